The molecule has 0 amide bonds. The predicted octanol–water partition coefficient (Wildman–Crippen LogP) is 3.78. The van der Waals surface area contributed by atoms with Crippen LogP contribution in [0.2, 0.25) is 0 Å². The molecule has 0 aliphatic rings. The number of aromatic nitrogens is 1. The van der Waals surface area contributed by atoms with Gasteiger partial charge in [0.2, 0.25) is 5.88 Å². The molecule has 3 nitrogen and oxygen atoms in total. The third-order valence-corrected chi connectivity index (χ3v) is 3.04. The summed E-state index contributed by atoms with van der Waals surface area (Å²) in [4.78, 5) is 4.46. The van der Waals surface area contributed by atoms with Crippen LogP contribution in [0.3, 0.4) is 0 Å². The number of fused-ring (bicyclic) bond motifs is 1. The van der Waals surface area contributed by atoms with Crippen LogP contribution >= 0.6 is 11.6 Å². The van der Waals surface area contributed by atoms with Crippen LogP contribution in [0.25, 0.3) is 10.8 Å². The minimum Gasteiger partial charge on any atom is -0.472 e. The van der Waals surface area contributed by atoms with Crippen molar-refractivity contribution in [1.82, 2.24) is 4.98 Å². The van der Waals surface area contributed by atoms with Gasteiger partial charge < -0.3 is 9.47 Å². The summed E-state index contributed by atoms with van der Waals surface area (Å²) in [5.74, 6) is 1.00. The van der Waals surface area contributed by atoms with E-state index >= 15 is 0 Å². The molecule has 2 aromatic rings. The molecule has 0 saturated carbocycles. The van der Waals surface area contributed by atoms with E-state index in [2.05, 4.69) is 4.98 Å². The van der Waals surface area contributed by atoms with Crippen molar-refractivity contribution in [3.63, 3.8) is 0 Å². The number of nitrogens with zero attached hydrogens (tertiary/aromatic N) is 1. The van der Waals surface area contributed by atoms with Crippen LogP contribution < -0.4 is 4.74 Å². The van der Waals surface area contributed by atoms with Crippen LogP contribution in [-0.4, -0.2) is 24.3 Å². The fourth-order valence-electron chi connectivity index (χ4n) is 1.89. The number of rotatable bonds is 6. The first-order chi connectivity index (χ1) is 9.24. The Morgan fingerprint density at radius 3 is 2.84 bits per heavy atom. The number of ether oxygens (including phenoxy) is 2. The third-order valence-electron chi connectivity index (χ3n) is 2.76. The zero-order chi connectivity index (χ0) is 13.7. The molecule has 1 heterocycles. The van der Waals surface area contributed by atoms with Crippen molar-refractivity contribution in [1.29, 1.82) is 0 Å². The van der Waals surface area contributed by atoms with E-state index in [4.69, 9.17) is 21.1 Å². The summed E-state index contributed by atoms with van der Waals surface area (Å²) in [6.45, 7) is 5.18. The smallest absolute Gasteiger partial charge is 0.221 e. The van der Waals surface area contributed by atoms with E-state index in [1.54, 1.807) is 0 Å². The predicted molar refractivity (Wildman–Crippen MR) is 77.9 cm³/mol. The van der Waals surface area contributed by atoms with Gasteiger partial charge in [-0.25, -0.2) is 4.98 Å². The van der Waals surface area contributed by atoms with Gasteiger partial charge in [-0.05, 0) is 31.4 Å². The minimum absolute atomic E-state index is 0.0403. The van der Waals surface area contributed by atoms with E-state index in [-0.39, 0.29) is 6.10 Å². The van der Waals surface area contributed by atoms with Gasteiger partial charge in [0, 0.05) is 12.0 Å². The molecule has 0 spiro atoms. The molecule has 1 atom stereocenters. The summed E-state index contributed by atoms with van der Waals surface area (Å²) in [5, 5.41) is 2.09. The SMILES string of the molecule is CCOCC(C)Oc1nc(CCl)cc2ccccc12. The Labute approximate surface area is 118 Å². The van der Waals surface area contributed by atoms with E-state index in [0.717, 1.165) is 16.5 Å². The number of halogens is 1. The molecule has 0 N–H and O–H groups in total. The molecular weight excluding hydrogens is 262 g/mol. The molecule has 0 aliphatic heterocycles. The first-order valence-electron chi connectivity index (χ1n) is 6.43. The van der Waals surface area contributed by atoms with Crippen molar-refractivity contribution in [3.8, 4) is 5.88 Å². The Hall–Kier alpha value is -1.32. The van der Waals surface area contributed by atoms with Crippen LogP contribution in [0.5, 0.6) is 5.88 Å². The van der Waals surface area contributed by atoms with Crippen LogP contribution in [0.1, 0.15) is 19.5 Å². The summed E-state index contributed by atoms with van der Waals surface area (Å²) in [6, 6.07) is 10.00. The molecule has 0 saturated heterocycles. The van der Waals surface area contributed by atoms with Gasteiger partial charge in [-0.2, -0.15) is 0 Å². The highest BCUT2D eigenvalue weighted by molar-refractivity contribution is 6.17. The highest BCUT2D eigenvalue weighted by Gasteiger charge is 2.10. The fourth-order valence-corrected chi connectivity index (χ4v) is 2.02. The highest BCUT2D eigenvalue weighted by atomic mass is 35.5. The van der Waals surface area contributed by atoms with Crippen molar-refractivity contribution >= 4 is 22.4 Å². The van der Waals surface area contributed by atoms with Crippen molar-refractivity contribution in [2.24, 2.45) is 0 Å². The van der Waals surface area contributed by atoms with Gasteiger partial charge in [0.05, 0.1) is 18.2 Å². The summed E-state index contributed by atoms with van der Waals surface area (Å²) in [6.07, 6.45) is -0.0403. The molecule has 4 heteroatoms. The van der Waals surface area contributed by atoms with Gasteiger partial charge in [0.1, 0.15) is 6.10 Å². The maximum Gasteiger partial charge on any atom is 0.221 e. The molecule has 1 unspecified atom stereocenters. The molecule has 0 radical (unpaired) electrons. The first kappa shape index (κ1) is 14.1. The Balaban J connectivity index is 2.29. The normalized spacial score (nSPS) is 12.6. The van der Waals surface area contributed by atoms with E-state index < -0.39 is 0 Å². The molecule has 1 aromatic carbocycles. The first-order valence-corrected chi connectivity index (χ1v) is 6.97. The number of alkyl halides is 1. The summed E-state index contributed by atoms with van der Waals surface area (Å²) < 4.78 is 11.2. The molecule has 2 rings (SSSR count). The number of pyridine rings is 1. The Kier molecular flexibility index (Phi) is 5.00. The maximum absolute atomic E-state index is 5.88. The van der Waals surface area contributed by atoms with E-state index in [1.807, 2.05) is 44.2 Å². The van der Waals surface area contributed by atoms with Crippen molar-refractivity contribution < 1.29 is 9.47 Å². The lowest BCUT2D eigenvalue weighted by Crippen LogP contribution is -2.20. The number of hydrogen-bond donors (Lipinski definition) is 0. The summed E-state index contributed by atoms with van der Waals surface area (Å²) >= 11 is 5.88. The van der Waals surface area contributed by atoms with Gasteiger partial charge in [0.15, 0.2) is 0 Å². The molecule has 1 aromatic heterocycles. The average molecular weight is 280 g/mol. The molecule has 19 heavy (non-hydrogen) atoms. The molecule has 102 valence electrons. The summed E-state index contributed by atoms with van der Waals surface area (Å²) in [5.41, 5.74) is 0.818. The standard InChI is InChI=1S/C15H18ClNO2/c1-3-18-10-11(2)19-15-14-7-5-4-6-12(14)8-13(9-16)17-15/h4-8,11H,3,9-10H2,1-2H3. The Morgan fingerprint density at radius 1 is 1.32 bits per heavy atom. The largest absolute Gasteiger partial charge is 0.472 e. The lowest BCUT2D eigenvalue weighted by Gasteiger charge is -2.16. The topological polar surface area (TPSA) is 31.4 Å². The number of hydrogen-bond acceptors (Lipinski definition) is 3. The molecular formula is C15H18ClNO2. The van der Waals surface area contributed by atoms with Gasteiger partial charge in [-0.1, -0.05) is 18.2 Å². The van der Waals surface area contributed by atoms with Gasteiger partial charge >= 0.3 is 0 Å². The van der Waals surface area contributed by atoms with Gasteiger partial charge in [0.25, 0.3) is 0 Å². The maximum atomic E-state index is 5.88. The Bertz CT molecular complexity index is 545. The lowest BCUT2D eigenvalue weighted by molar-refractivity contribution is 0.0641. The Morgan fingerprint density at radius 2 is 2.11 bits per heavy atom. The quantitative estimate of drug-likeness (QED) is 0.754. The third kappa shape index (κ3) is 3.58. The van der Waals surface area contributed by atoms with Crippen molar-refractivity contribution in [2.75, 3.05) is 13.2 Å². The minimum atomic E-state index is -0.0403. The zero-order valence-corrected chi connectivity index (χ0v) is 12.0. The van der Waals surface area contributed by atoms with Crippen molar-refractivity contribution in [3.05, 3.63) is 36.0 Å². The van der Waals surface area contributed by atoms with E-state index in [1.165, 1.54) is 0 Å². The molecule has 0 bridgehead atoms. The fraction of sp³-hybridized carbons (Fsp3) is 0.400. The second kappa shape index (κ2) is 6.73. The molecule has 0 aliphatic carbocycles. The highest BCUT2D eigenvalue weighted by Crippen LogP contribution is 2.25. The van der Waals surface area contributed by atoms with E-state index in [0.29, 0.717) is 25.0 Å². The molecule has 0 fully saturated rings. The second-order valence-electron chi connectivity index (χ2n) is 4.36. The zero-order valence-electron chi connectivity index (χ0n) is 11.2. The number of benzene rings is 1. The second-order valence-corrected chi connectivity index (χ2v) is 4.63. The van der Waals surface area contributed by atoms with Crippen LogP contribution in [-0.2, 0) is 10.6 Å². The summed E-state index contributed by atoms with van der Waals surface area (Å²) in [7, 11) is 0. The average Bonchev–Trinajstić information content (AvgIpc) is 2.44. The monoisotopic (exact) mass is 279 g/mol. The van der Waals surface area contributed by atoms with Gasteiger partial charge in [-0.3, -0.25) is 0 Å². The van der Waals surface area contributed by atoms with E-state index in [9.17, 15) is 0 Å². The van der Waals surface area contributed by atoms with Gasteiger partial charge in [-0.15, -0.1) is 11.6 Å². The lowest BCUT2D eigenvalue weighted by atomic mass is 10.1. The van der Waals surface area contributed by atoms with Crippen LogP contribution in [0, 0.1) is 0 Å². The van der Waals surface area contributed by atoms with Crippen molar-refractivity contribution in [2.45, 2.75) is 25.8 Å². The van der Waals surface area contributed by atoms with Crippen LogP contribution in [0.4, 0.5) is 0 Å². The van der Waals surface area contributed by atoms with Crippen LogP contribution in [0.15, 0.2) is 30.3 Å².